The smallest absolute Gasteiger partial charge is 0.252 e. The van der Waals surface area contributed by atoms with Gasteiger partial charge in [0.1, 0.15) is 11.5 Å². The van der Waals surface area contributed by atoms with Gasteiger partial charge in [0.05, 0.1) is 17.0 Å². The number of benzene rings is 2. The Hall–Kier alpha value is -4.30. The molecule has 0 atom stereocenters. The maximum Gasteiger partial charge on any atom is 0.252 e. The lowest BCUT2D eigenvalue weighted by molar-refractivity contribution is -0.115. The van der Waals surface area contributed by atoms with E-state index in [1.165, 1.54) is 22.1 Å². The Morgan fingerprint density at radius 1 is 0.939 bits per heavy atom. The van der Waals surface area contributed by atoms with Crippen molar-refractivity contribution in [3.8, 4) is 27.8 Å². The Bertz CT molecular complexity index is 1440. The summed E-state index contributed by atoms with van der Waals surface area (Å²) >= 11 is 1.54. The molecule has 33 heavy (non-hydrogen) atoms. The zero-order valence-corrected chi connectivity index (χ0v) is 18.3. The highest BCUT2D eigenvalue weighted by Gasteiger charge is 2.17. The Labute approximate surface area is 193 Å². The van der Waals surface area contributed by atoms with E-state index in [1.807, 2.05) is 78.2 Å². The van der Waals surface area contributed by atoms with Crippen LogP contribution in [0.25, 0.3) is 27.8 Å². The lowest BCUT2D eigenvalue weighted by Gasteiger charge is -2.09. The molecule has 0 aliphatic rings. The number of anilines is 1. The van der Waals surface area contributed by atoms with Crippen LogP contribution in [0.5, 0.6) is 0 Å². The molecule has 2 aromatic carbocycles. The van der Waals surface area contributed by atoms with Crippen molar-refractivity contribution in [3.63, 3.8) is 0 Å². The number of amides is 1. The Morgan fingerprint density at radius 2 is 1.70 bits per heavy atom. The van der Waals surface area contributed by atoms with E-state index in [-0.39, 0.29) is 23.8 Å². The van der Waals surface area contributed by atoms with Crippen LogP contribution in [-0.4, -0.2) is 25.7 Å². The lowest BCUT2D eigenvalue weighted by Crippen LogP contribution is -2.19. The summed E-state index contributed by atoms with van der Waals surface area (Å²) in [6.45, 7) is 0. The summed E-state index contributed by atoms with van der Waals surface area (Å²) in [5.74, 6) is 0.452. The Kier molecular flexibility index (Phi) is 5.65. The largest absolute Gasteiger partial charge is 0.310 e. The summed E-state index contributed by atoms with van der Waals surface area (Å²) in [5.41, 5.74) is 2.59. The summed E-state index contributed by atoms with van der Waals surface area (Å²) in [5, 5.41) is 9.52. The first kappa shape index (κ1) is 20.6. The highest BCUT2D eigenvalue weighted by Crippen LogP contribution is 2.27. The Morgan fingerprint density at radius 3 is 2.42 bits per heavy atom. The molecule has 0 radical (unpaired) electrons. The Balaban J connectivity index is 1.54. The van der Waals surface area contributed by atoms with E-state index in [0.717, 1.165) is 16.0 Å². The summed E-state index contributed by atoms with van der Waals surface area (Å²) < 4.78 is 1.46. The fourth-order valence-corrected chi connectivity index (χ4v) is 4.13. The molecule has 0 saturated carbocycles. The fourth-order valence-electron chi connectivity index (χ4n) is 3.45. The zero-order valence-electron chi connectivity index (χ0n) is 17.4. The molecule has 0 spiro atoms. The summed E-state index contributed by atoms with van der Waals surface area (Å²) in [6, 6.07) is 26.0. The third-order valence-corrected chi connectivity index (χ3v) is 5.85. The standard InChI is InChI=1S/C25H19N5O2S/c31-23(14-17-8-3-1-4-9-17)27-22-15-20(21-12-7-13-33-21)29-30(22)25-26-19(16-24(32)28-25)18-10-5-2-6-11-18/h1-13,15-16H,14H2,(H,27,31)(H,26,28,32). The highest BCUT2D eigenvalue weighted by atomic mass is 32.1. The number of carbonyl (C=O) groups excluding carboxylic acids is 1. The number of hydrogen-bond acceptors (Lipinski definition) is 5. The number of rotatable bonds is 6. The van der Waals surface area contributed by atoms with Crippen molar-refractivity contribution in [2.24, 2.45) is 0 Å². The molecule has 0 saturated heterocycles. The van der Waals surface area contributed by atoms with Gasteiger partial charge < -0.3 is 5.32 Å². The van der Waals surface area contributed by atoms with Crippen molar-refractivity contribution < 1.29 is 4.79 Å². The minimum Gasteiger partial charge on any atom is -0.310 e. The summed E-state index contributed by atoms with van der Waals surface area (Å²) in [6.07, 6.45) is 0.217. The average molecular weight is 454 g/mol. The van der Waals surface area contributed by atoms with Gasteiger partial charge in [0.15, 0.2) is 0 Å². The second-order valence-electron chi connectivity index (χ2n) is 7.33. The summed E-state index contributed by atoms with van der Waals surface area (Å²) in [4.78, 5) is 33.5. The van der Waals surface area contributed by atoms with Crippen LogP contribution in [-0.2, 0) is 11.2 Å². The van der Waals surface area contributed by atoms with Gasteiger partial charge in [0.2, 0.25) is 11.9 Å². The highest BCUT2D eigenvalue weighted by molar-refractivity contribution is 7.13. The van der Waals surface area contributed by atoms with Crippen molar-refractivity contribution in [1.29, 1.82) is 0 Å². The SMILES string of the molecule is O=C(Cc1ccccc1)Nc1cc(-c2cccs2)nn1-c1nc(-c2ccccc2)cc(=O)[nH]1. The van der Waals surface area contributed by atoms with E-state index >= 15 is 0 Å². The van der Waals surface area contributed by atoms with Crippen molar-refractivity contribution in [2.45, 2.75) is 6.42 Å². The second-order valence-corrected chi connectivity index (χ2v) is 8.28. The number of nitrogens with one attached hydrogen (secondary N) is 2. The molecular formula is C25H19N5O2S. The van der Waals surface area contributed by atoms with Gasteiger partial charge in [-0.25, -0.2) is 4.98 Å². The molecule has 2 N–H and O–H groups in total. The lowest BCUT2D eigenvalue weighted by atomic mass is 10.1. The normalized spacial score (nSPS) is 10.8. The van der Waals surface area contributed by atoms with Crippen LogP contribution in [0.4, 0.5) is 5.82 Å². The third-order valence-electron chi connectivity index (χ3n) is 4.96. The molecule has 3 aromatic heterocycles. The van der Waals surface area contributed by atoms with E-state index < -0.39 is 0 Å². The van der Waals surface area contributed by atoms with Gasteiger partial charge in [-0.3, -0.25) is 14.6 Å². The van der Waals surface area contributed by atoms with Crippen LogP contribution in [0.3, 0.4) is 0 Å². The molecule has 5 aromatic rings. The monoisotopic (exact) mass is 453 g/mol. The van der Waals surface area contributed by atoms with Crippen LogP contribution >= 0.6 is 11.3 Å². The fraction of sp³-hybridized carbons (Fsp3) is 0.0400. The number of aromatic amines is 1. The third kappa shape index (κ3) is 4.65. The molecule has 0 aliphatic heterocycles. The van der Waals surface area contributed by atoms with Crippen LogP contribution in [0.15, 0.2) is 95.1 Å². The predicted octanol–water partition coefficient (Wildman–Crippen LogP) is 4.53. The molecular weight excluding hydrogens is 434 g/mol. The predicted molar refractivity (Wildman–Crippen MR) is 130 cm³/mol. The van der Waals surface area contributed by atoms with Crippen molar-refractivity contribution in [3.05, 3.63) is 106 Å². The van der Waals surface area contributed by atoms with Gasteiger partial charge in [0.25, 0.3) is 5.56 Å². The van der Waals surface area contributed by atoms with Crippen LogP contribution in [0.2, 0.25) is 0 Å². The molecule has 8 heteroatoms. The number of H-pyrrole nitrogens is 1. The maximum atomic E-state index is 12.8. The molecule has 7 nitrogen and oxygen atoms in total. The summed E-state index contributed by atoms with van der Waals surface area (Å²) in [7, 11) is 0. The van der Waals surface area contributed by atoms with Gasteiger partial charge in [-0.2, -0.15) is 9.78 Å². The minimum atomic E-state index is -0.311. The molecule has 0 fully saturated rings. The first-order chi connectivity index (χ1) is 16.2. The quantitative estimate of drug-likeness (QED) is 0.395. The molecule has 162 valence electrons. The van der Waals surface area contributed by atoms with Gasteiger partial charge in [-0.15, -0.1) is 11.3 Å². The van der Waals surface area contributed by atoms with Crippen LogP contribution < -0.4 is 10.9 Å². The van der Waals surface area contributed by atoms with Gasteiger partial charge in [0, 0.05) is 17.7 Å². The van der Waals surface area contributed by atoms with Crippen LogP contribution in [0, 0.1) is 0 Å². The number of nitrogens with zero attached hydrogens (tertiary/aromatic N) is 3. The number of thiophene rings is 1. The minimum absolute atomic E-state index is 0.193. The maximum absolute atomic E-state index is 12.8. The van der Waals surface area contributed by atoms with E-state index in [0.29, 0.717) is 17.2 Å². The topological polar surface area (TPSA) is 92.7 Å². The molecule has 1 amide bonds. The van der Waals surface area contributed by atoms with E-state index in [4.69, 9.17) is 0 Å². The molecule has 3 heterocycles. The average Bonchev–Trinajstić information content (AvgIpc) is 3.50. The number of aromatic nitrogens is 4. The zero-order chi connectivity index (χ0) is 22.6. The van der Waals surface area contributed by atoms with E-state index in [1.54, 1.807) is 6.07 Å². The van der Waals surface area contributed by atoms with Crippen molar-refractivity contribution >= 4 is 23.1 Å². The van der Waals surface area contributed by atoms with Gasteiger partial charge >= 0.3 is 0 Å². The van der Waals surface area contributed by atoms with Gasteiger partial charge in [-0.1, -0.05) is 66.7 Å². The van der Waals surface area contributed by atoms with E-state index in [2.05, 4.69) is 20.4 Å². The van der Waals surface area contributed by atoms with Crippen LogP contribution in [0.1, 0.15) is 5.56 Å². The van der Waals surface area contributed by atoms with Crippen molar-refractivity contribution in [1.82, 2.24) is 19.7 Å². The first-order valence-electron chi connectivity index (χ1n) is 10.3. The first-order valence-corrected chi connectivity index (χ1v) is 11.2. The number of carbonyl (C=O) groups is 1. The molecule has 5 rings (SSSR count). The van der Waals surface area contributed by atoms with E-state index in [9.17, 15) is 9.59 Å². The number of hydrogen-bond donors (Lipinski definition) is 2. The molecule has 0 bridgehead atoms. The van der Waals surface area contributed by atoms with Gasteiger partial charge in [-0.05, 0) is 17.0 Å². The molecule has 0 aliphatic carbocycles. The second kappa shape index (κ2) is 9.05. The molecule has 0 unspecified atom stereocenters. The van der Waals surface area contributed by atoms with Crippen molar-refractivity contribution in [2.75, 3.05) is 5.32 Å².